The number of amides is 1. The zero-order valence-electron chi connectivity index (χ0n) is 7.43. The first-order chi connectivity index (χ1) is 5.91. The van der Waals surface area contributed by atoms with Crippen LogP contribution in [0.2, 0.25) is 0 Å². The summed E-state index contributed by atoms with van der Waals surface area (Å²) in [5, 5.41) is 8.14. The molecule has 1 heterocycles. The van der Waals surface area contributed by atoms with E-state index in [1.165, 1.54) is 0 Å². The molecular weight excluding hydrogens is 194 g/mol. The van der Waals surface area contributed by atoms with Crippen molar-refractivity contribution in [3.05, 3.63) is 0 Å². The molecule has 0 aliphatic carbocycles. The van der Waals surface area contributed by atoms with E-state index < -0.39 is 21.2 Å². The summed E-state index contributed by atoms with van der Waals surface area (Å²) in [6.07, 6.45) is 1.32. The maximum Gasteiger partial charge on any atom is 0.407 e. The third kappa shape index (κ3) is 2.58. The third-order valence-corrected chi connectivity index (χ3v) is 3.85. The third-order valence-electron chi connectivity index (χ3n) is 2.25. The second-order valence-corrected chi connectivity index (χ2v) is 5.65. The second kappa shape index (κ2) is 3.53. The highest BCUT2D eigenvalue weighted by atomic mass is 32.2. The predicted molar refractivity (Wildman–Crippen MR) is 47.5 cm³/mol. The van der Waals surface area contributed by atoms with Crippen LogP contribution in [-0.2, 0) is 9.84 Å². The van der Waals surface area contributed by atoms with Crippen molar-refractivity contribution in [1.82, 2.24) is 4.90 Å². The van der Waals surface area contributed by atoms with Crippen LogP contribution in [0, 0.1) is 0 Å². The Morgan fingerprint density at radius 2 is 2.15 bits per heavy atom. The molecule has 0 radical (unpaired) electrons. The van der Waals surface area contributed by atoms with Crippen LogP contribution in [-0.4, -0.2) is 49.1 Å². The molecule has 1 atom stereocenters. The van der Waals surface area contributed by atoms with Crippen LogP contribution < -0.4 is 0 Å². The summed E-state index contributed by atoms with van der Waals surface area (Å²) in [5.41, 5.74) is 0. The Balaban J connectivity index is 2.67. The smallest absolute Gasteiger partial charge is 0.407 e. The number of rotatable bonds is 1. The van der Waals surface area contributed by atoms with Crippen molar-refractivity contribution < 1.29 is 18.3 Å². The normalized spacial score (nSPS) is 24.4. The summed E-state index contributed by atoms with van der Waals surface area (Å²) in [6, 6.07) is 0. The fourth-order valence-electron chi connectivity index (χ4n) is 1.46. The summed E-state index contributed by atoms with van der Waals surface area (Å²) in [4.78, 5) is 11.7. The fraction of sp³-hybridized carbons (Fsp3) is 0.857. The van der Waals surface area contributed by atoms with Crippen molar-refractivity contribution in [3.8, 4) is 0 Å². The van der Waals surface area contributed by atoms with Gasteiger partial charge in [-0.05, 0) is 12.8 Å². The monoisotopic (exact) mass is 207 g/mol. The number of carbonyl (C=O) groups is 1. The lowest BCUT2D eigenvalue weighted by Crippen LogP contribution is -2.44. The number of hydrogen-bond acceptors (Lipinski definition) is 3. The van der Waals surface area contributed by atoms with Gasteiger partial charge in [0.1, 0.15) is 0 Å². The minimum atomic E-state index is -3.10. The van der Waals surface area contributed by atoms with E-state index in [0.717, 1.165) is 11.2 Å². The van der Waals surface area contributed by atoms with Crippen molar-refractivity contribution >= 4 is 15.9 Å². The van der Waals surface area contributed by atoms with Gasteiger partial charge in [-0.25, -0.2) is 13.2 Å². The Bertz CT molecular complexity index is 298. The van der Waals surface area contributed by atoms with Gasteiger partial charge in [-0.1, -0.05) is 0 Å². The Kier molecular flexibility index (Phi) is 2.80. The van der Waals surface area contributed by atoms with Crippen molar-refractivity contribution in [1.29, 1.82) is 0 Å². The zero-order valence-corrected chi connectivity index (χ0v) is 8.25. The van der Waals surface area contributed by atoms with Gasteiger partial charge in [-0.15, -0.1) is 0 Å². The lowest BCUT2D eigenvalue weighted by molar-refractivity contribution is 0.136. The molecule has 76 valence electrons. The van der Waals surface area contributed by atoms with Crippen LogP contribution in [0.4, 0.5) is 4.79 Å². The van der Waals surface area contributed by atoms with Gasteiger partial charge in [0.15, 0.2) is 9.84 Å². The molecule has 1 rings (SSSR count). The van der Waals surface area contributed by atoms with Gasteiger partial charge in [0.05, 0.1) is 5.25 Å². The lowest BCUT2D eigenvalue weighted by Gasteiger charge is -2.29. The van der Waals surface area contributed by atoms with E-state index in [9.17, 15) is 13.2 Å². The van der Waals surface area contributed by atoms with Crippen LogP contribution in [0.1, 0.15) is 12.8 Å². The Hall–Kier alpha value is -0.780. The molecule has 1 unspecified atom stereocenters. The number of likely N-dealkylation sites (tertiary alicyclic amines) is 1. The molecule has 5 nitrogen and oxygen atoms in total. The molecule has 0 bridgehead atoms. The molecular formula is C7H13NO4S. The summed E-state index contributed by atoms with van der Waals surface area (Å²) in [6.45, 7) is 0.565. The highest BCUT2D eigenvalue weighted by Crippen LogP contribution is 2.16. The minimum Gasteiger partial charge on any atom is -0.465 e. The van der Waals surface area contributed by atoms with Gasteiger partial charge in [0.25, 0.3) is 0 Å². The van der Waals surface area contributed by atoms with Gasteiger partial charge < -0.3 is 10.0 Å². The van der Waals surface area contributed by atoms with Crippen LogP contribution in [0.25, 0.3) is 0 Å². The zero-order chi connectivity index (χ0) is 10.1. The number of nitrogens with zero attached hydrogens (tertiary/aromatic N) is 1. The molecule has 1 saturated heterocycles. The molecule has 0 aromatic heterocycles. The van der Waals surface area contributed by atoms with Gasteiger partial charge in [0, 0.05) is 19.3 Å². The number of piperidine rings is 1. The average molecular weight is 207 g/mol. The molecule has 1 aliphatic rings. The highest BCUT2D eigenvalue weighted by molar-refractivity contribution is 7.91. The van der Waals surface area contributed by atoms with Crippen LogP contribution in [0.15, 0.2) is 0 Å². The second-order valence-electron chi connectivity index (χ2n) is 3.32. The van der Waals surface area contributed by atoms with Gasteiger partial charge in [-0.3, -0.25) is 0 Å². The Morgan fingerprint density at radius 3 is 2.62 bits per heavy atom. The van der Waals surface area contributed by atoms with E-state index in [1.807, 2.05) is 0 Å². The van der Waals surface area contributed by atoms with Gasteiger partial charge >= 0.3 is 6.09 Å². The predicted octanol–water partition coefficient (Wildman–Crippen LogP) is 0.173. The first kappa shape index (κ1) is 10.3. The Morgan fingerprint density at radius 1 is 1.54 bits per heavy atom. The van der Waals surface area contributed by atoms with Crippen molar-refractivity contribution in [3.63, 3.8) is 0 Å². The summed E-state index contributed by atoms with van der Waals surface area (Å²) in [7, 11) is -3.10. The molecule has 0 aromatic rings. The Labute approximate surface area is 77.3 Å². The maximum absolute atomic E-state index is 11.1. The number of sulfone groups is 1. The van der Waals surface area contributed by atoms with E-state index in [1.54, 1.807) is 0 Å². The standard InChI is InChI=1S/C7H13NO4S/c1-13(11,12)6-3-2-4-8(5-6)7(9)10/h6H,2-5H2,1H3,(H,9,10). The van der Waals surface area contributed by atoms with E-state index in [2.05, 4.69) is 0 Å². The highest BCUT2D eigenvalue weighted by Gasteiger charge is 2.29. The van der Waals surface area contributed by atoms with Crippen molar-refractivity contribution in [2.24, 2.45) is 0 Å². The lowest BCUT2D eigenvalue weighted by atomic mass is 10.1. The SMILES string of the molecule is CS(=O)(=O)C1CCCN(C(=O)O)C1. The molecule has 1 fully saturated rings. The molecule has 6 heteroatoms. The fourth-order valence-corrected chi connectivity index (χ4v) is 2.51. The minimum absolute atomic E-state index is 0.119. The molecule has 1 N–H and O–H groups in total. The quantitative estimate of drug-likeness (QED) is 0.665. The summed E-state index contributed by atoms with van der Waals surface area (Å²) in [5.74, 6) is 0. The van der Waals surface area contributed by atoms with Crippen molar-refractivity contribution in [2.75, 3.05) is 19.3 Å². The van der Waals surface area contributed by atoms with Crippen LogP contribution >= 0.6 is 0 Å². The van der Waals surface area contributed by atoms with Gasteiger partial charge in [0.2, 0.25) is 0 Å². The summed E-state index contributed by atoms with van der Waals surface area (Å²) >= 11 is 0. The van der Waals surface area contributed by atoms with Crippen molar-refractivity contribution in [2.45, 2.75) is 18.1 Å². The molecule has 0 saturated carbocycles. The molecule has 0 spiro atoms. The number of carboxylic acid groups (broad SMARTS) is 1. The topological polar surface area (TPSA) is 74.7 Å². The first-order valence-corrected chi connectivity index (χ1v) is 6.03. The number of hydrogen-bond donors (Lipinski definition) is 1. The molecule has 0 aromatic carbocycles. The maximum atomic E-state index is 11.1. The van der Waals surface area contributed by atoms with Crippen LogP contribution in [0.3, 0.4) is 0 Å². The van der Waals surface area contributed by atoms with E-state index in [-0.39, 0.29) is 6.54 Å². The largest absolute Gasteiger partial charge is 0.465 e. The van der Waals surface area contributed by atoms with Gasteiger partial charge in [-0.2, -0.15) is 0 Å². The summed E-state index contributed by atoms with van der Waals surface area (Å²) < 4.78 is 22.3. The molecule has 1 amide bonds. The van der Waals surface area contributed by atoms with E-state index >= 15 is 0 Å². The van der Waals surface area contributed by atoms with Crippen LogP contribution in [0.5, 0.6) is 0 Å². The average Bonchev–Trinajstić information content (AvgIpc) is 2.03. The van der Waals surface area contributed by atoms with E-state index in [0.29, 0.717) is 19.4 Å². The molecule has 1 aliphatic heterocycles. The first-order valence-electron chi connectivity index (χ1n) is 4.08. The van der Waals surface area contributed by atoms with E-state index in [4.69, 9.17) is 5.11 Å². The molecule has 13 heavy (non-hydrogen) atoms.